The fourth-order valence-electron chi connectivity index (χ4n) is 1.65. The van der Waals surface area contributed by atoms with E-state index >= 15 is 0 Å². The van der Waals surface area contributed by atoms with Gasteiger partial charge in [-0.1, -0.05) is 11.6 Å². The molecule has 0 fully saturated rings. The van der Waals surface area contributed by atoms with Crippen molar-refractivity contribution in [2.24, 2.45) is 0 Å². The Morgan fingerprint density at radius 2 is 2.05 bits per heavy atom. The van der Waals surface area contributed by atoms with Crippen molar-refractivity contribution in [1.82, 2.24) is 9.97 Å². The van der Waals surface area contributed by atoms with Crippen LogP contribution in [0.3, 0.4) is 0 Å². The molecule has 1 heterocycles. The largest absolute Gasteiger partial charge is 0.462 e. The molecule has 0 aliphatic carbocycles. The number of halogens is 1. The van der Waals surface area contributed by atoms with E-state index in [1.807, 2.05) is 0 Å². The van der Waals surface area contributed by atoms with Gasteiger partial charge in [-0.2, -0.15) is 0 Å². The van der Waals surface area contributed by atoms with Crippen LogP contribution in [0.1, 0.15) is 17.3 Å². The van der Waals surface area contributed by atoms with Crippen LogP contribution in [0.15, 0.2) is 30.6 Å². The van der Waals surface area contributed by atoms with Gasteiger partial charge in [-0.05, 0) is 31.2 Å². The van der Waals surface area contributed by atoms with Crippen LogP contribution in [-0.2, 0) is 4.74 Å². The molecule has 0 spiro atoms. The maximum atomic E-state index is 11.5. The molecular weight excluding hydrogens is 312 g/mol. The summed E-state index contributed by atoms with van der Waals surface area (Å²) in [7, 11) is 0. The molecule has 0 radical (unpaired) electrons. The third kappa shape index (κ3) is 3.47. The van der Waals surface area contributed by atoms with Crippen LogP contribution >= 0.6 is 11.6 Å². The van der Waals surface area contributed by atoms with Crippen molar-refractivity contribution in [2.75, 3.05) is 11.9 Å². The Hall–Kier alpha value is -2.74. The zero-order chi connectivity index (χ0) is 16.1. The van der Waals surface area contributed by atoms with Gasteiger partial charge in [0.25, 0.3) is 0 Å². The molecule has 1 N–H and O–H groups in total. The van der Waals surface area contributed by atoms with E-state index in [1.54, 1.807) is 19.1 Å². The van der Waals surface area contributed by atoms with Gasteiger partial charge >= 0.3 is 11.7 Å². The summed E-state index contributed by atoms with van der Waals surface area (Å²) in [6, 6.07) is 6.22. The average molecular weight is 323 g/mol. The van der Waals surface area contributed by atoms with E-state index in [1.165, 1.54) is 12.1 Å². The highest BCUT2D eigenvalue weighted by molar-refractivity contribution is 6.31. The number of ether oxygens (including phenoxy) is 1. The molecule has 0 amide bonds. The summed E-state index contributed by atoms with van der Waals surface area (Å²) in [5.41, 5.74) is 0.465. The second-order valence-electron chi connectivity index (χ2n) is 4.04. The van der Waals surface area contributed by atoms with Gasteiger partial charge < -0.3 is 10.1 Å². The first kappa shape index (κ1) is 15.6. The van der Waals surface area contributed by atoms with Gasteiger partial charge in [0.2, 0.25) is 11.0 Å². The number of benzene rings is 1. The summed E-state index contributed by atoms with van der Waals surface area (Å²) in [6.07, 6.45) is 1.12. The average Bonchev–Trinajstić information content (AvgIpc) is 2.48. The third-order valence-electron chi connectivity index (χ3n) is 2.62. The number of rotatable bonds is 5. The van der Waals surface area contributed by atoms with Crippen LogP contribution in [0.2, 0.25) is 5.15 Å². The van der Waals surface area contributed by atoms with Crippen molar-refractivity contribution >= 4 is 34.8 Å². The molecule has 0 saturated heterocycles. The van der Waals surface area contributed by atoms with Crippen molar-refractivity contribution < 1.29 is 14.5 Å². The molecule has 2 aromatic rings. The quantitative estimate of drug-likeness (QED) is 0.390. The second-order valence-corrected chi connectivity index (χ2v) is 4.40. The van der Waals surface area contributed by atoms with Crippen molar-refractivity contribution in [3.63, 3.8) is 0 Å². The van der Waals surface area contributed by atoms with Crippen LogP contribution < -0.4 is 5.32 Å². The molecule has 0 aliphatic rings. The molecule has 0 atom stereocenters. The number of carbonyl (C=O) groups excluding carboxylic acids is 1. The Bertz CT molecular complexity index is 706. The molecular formula is C13H11ClN4O4. The Kier molecular flexibility index (Phi) is 4.84. The van der Waals surface area contributed by atoms with Crippen LogP contribution in [-0.4, -0.2) is 27.5 Å². The van der Waals surface area contributed by atoms with E-state index in [2.05, 4.69) is 15.3 Å². The molecule has 0 unspecified atom stereocenters. The van der Waals surface area contributed by atoms with Gasteiger partial charge in [-0.3, -0.25) is 10.1 Å². The summed E-state index contributed by atoms with van der Waals surface area (Å²) >= 11 is 5.70. The summed E-state index contributed by atoms with van der Waals surface area (Å²) < 4.78 is 4.87. The standard InChI is InChI=1S/C13H11ClN4O4/c1-2-22-13(19)8-3-5-9(6-4-8)17-12-10(18(20)21)11(14)15-7-16-12/h3-7H,2H2,1H3,(H,15,16,17). The molecule has 8 nitrogen and oxygen atoms in total. The van der Waals surface area contributed by atoms with Crippen LogP contribution in [0.4, 0.5) is 17.2 Å². The maximum Gasteiger partial charge on any atom is 0.348 e. The number of nitrogens with zero attached hydrogens (tertiary/aromatic N) is 3. The monoisotopic (exact) mass is 322 g/mol. The van der Waals surface area contributed by atoms with E-state index in [0.717, 1.165) is 6.33 Å². The van der Waals surface area contributed by atoms with E-state index in [0.29, 0.717) is 11.3 Å². The first-order valence-corrected chi connectivity index (χ1v) is 6.59. The number of nitro groups is 1. The lowest BCUT2D eigenvalue weighted by Gasteiger charge is -2.07. The first-order chi connectivity index (χ1) is 10.5. The van der Waals surface area contributed by atoms with E-state index < -0.39 is 16.6 Å². The lowest BCUT2D eigenvalue weighted by molar-refractivity contribution is -0.384. The van der Waals surface area contributed by atoms with Gasteiger partial charge in [0.15, 0.2) is 0 Å². The Labute approximate surface area is 130 Å². The number of hydrogen-bond donors (Lipinski definition) is 1. The zero-order valence-electron chi connectivity index (χ0n) is 11.4. The minimum atomic E-state index is -0.669. The normalized spacial score (nSPS) is 10.1. The van der Waals surface area contributed by atoms with Gasteiger partial charge in [0.1, 0.15) is 6.33 Å². The van der Waals surface area contributed by atoms with Crippen molar-refractivity contribution in [3.05, 3.63) is 51.4 Å². The van der Waals surface area contributed by atoms with Crippen LogP contribution in [0.5, 0.6) is 0 Å². The van der Waals surface area contributed by atoms with Gasteiger partial charge in [-0.25, -0.2) is 14.8 Å². The number of nitrogens with one attached hydrogen (secondary N) is 1. The smallest absolute Gasteiger partial charge is 0.348 e. The van der Waals surface area contributed by atoms with Gasteiger partial charge in [0, 0.05) is 5.69 Å². The summed E-state index contributed by atoms with van der Waals surface area (Å²) in [5.74, 6) is -0.473. The molecule has 9 heteroatoms. The first-order valence-electron chi connectivity index (χ1n) is 6.22. The van der Waals surface area contributed by atoms with E-state index in [-0.39, 0.29) is 17.6 Å². The fraction of sp³-hybridized carbons (Fsp3) is 0.154. The summed E-state index contributed by atoms with van der Waals surface area (Å²) in [6.45, 7) is 2.00. The van der Waals surface area contributed by atoms with Crippen molar-refractivity contribution in [3.8, 4) is 0 Å². The highest BCUT2D eigenvalue weighted by Gasteiger charge is 2.21. The Morgan fingerprint density at radius 1 is 1.36 bits per heavy atom. The number of aromatic nitrogens is 2. The van der Waals surface area contributed by atoms with Crippen molar-refractivity contribution in [2.45, 2.75) is 6.92 Å². The predicted molar refractivity (Wildman–Crippen MR) is 79.4 cm³/mol. The van der Waals surface area contributed by atoms with Gasteiger partial charge in [-0.15, -0.1) is 0 Å². The number of carbonyl (C=O) groups is 1. The number of anilines is 2. The third-order valence-corrected chi connectivity index (χ3v) is 2.90. The zero-order valence-corrected chi connectivity index (χ0v) is 12.2. The maximum absolute atomic E-state index is 11.5. The highest BCUT2D eigenvalue weighted by atomic mass is 35.5. The predicted octanol–water partition coefficient (Wildman–Crippen LogP) is 2.96. The minimum absolute atomic E-state index is 0.0334. The lowest BCUT2D eigenvalue weighted by atomic mass is 10.2. The van der Waals surface area contributed by atoms with E-state index in [9.17, 15) is 14.9 Å². The topological polar surface area (TPSA) is 107 Å². The van der Waals surface area contributed by atoms with Crippen LogP contribution in [0, 0.1) is 10.1 Å². The molecule has 0 aliphatic heterocycles. The number of esters is 1. The molecule has 2 rings (SSSR count). The van der Waals surface area contributed by atoms with E-state index in [4.69, 9.17) is 16.3 Å². The molecule has 0 bridgehead atoms. The molecule has 114 valence electrons. The Balaban J connectivity index is 2.23. The molecule has 0 saturated carbocycles. The molecule has 22 heavy (non-hydrogen) atoms. The lowest BCUT2D eigenvalue weighted by Crippen LogP contribution is -2.05. The highest BCUT2D eigenvalue weighted by Crippen LogP contribution is 2.30. The van der Waals surface area contributed by atoms with Crippen LogP contribution in [0.25, 0.3) is 0 Å². The SMILES string of the molecule is CCOC(=O)c1ccc(Nc2ncnc(Cl)c2[N+](=O)[O-])cc1. The minimum Gasteiger partial charge on any atom is -0.462 e. The Morgan fingerprint density at radius 3 is 2.64 bits per heavy atom. The summed E-state index contributed by atoms with van der Waals surface area (Å²) in [4.78, 5) is 29.2. The van der Waals surface area contributed by atoms with Crippen molar-refractivity contribution in [1.29, 1.82) is 0 Å². The molecule has 1 aromatic carbocycles. The molecule has 1 aromatic heterocycles. The second kappa shape index (κ2) is 6.81. The summed E-state index contributed by atoms with van der Waals surface area (Å²) in [5, 5.41) is 13.5. The number of hydrogen-bond acceptors (Lipinski definition) is 7. The van der Waals surface area contributed by atoms with Gasteiger partial charge in [0.05, 0.1) is 17.1 Å². The fourth-order valence-corrected chi connectivity index (χ4v) is 1.85.